The van der Waals surface area contributed by atoms with Crippen molar-refractivity contribution in [2.45, 2.75) is 25.0 Å². The van der Waals surface area contributed by atoms with E-state index in [4.69, 9.17) is 4.74 Å². The van der Waals surface area contributed by atoms with Crippen LogP contribution in [0.3, 0.4) is 0 Å². The van der Waals surface area contributed by atoms with Crippen LogP contribution < -0.4 is 5.32 Å². The zero-order valence-electron chi connectivity index (χ0n) is 7.25. The molecule has 2 atom stereocenters. The van der Waals surface area contributed by atoms with Crippen LogP contribution in [0.2, 0.25) is 0 Å². The molecule has 0 aromatic heterocycles. The summed E-state index contributed by atoms with van der Waals surface area (Å²) in [5, 5.41) is 2.68. The maximum Gasteiger partial charge on any atom is 0.407 e. The van der Waals surface area contributed by atoms with E-state index in [0.717, 1.165) is 13.0 Å². The number of ether oxygens (including phenoxy) is 1. The first-order valence-electron chi connectivity index (χ1n) is 4.42. The van der Waals surface area contributed by atoms with Crippen LogP contribution in [0.4, 0.5) is 4.79 Å². The summed E-state index contributed by atoms with van der Waals surface area (Å²) < 4.78 is 5.12. The highest BCUT2D eigenvalue weighted by atomic mass is 16.6. The molecule has 4 heteroatoms. The molecule has 1 amide bonds. The molecule has 2 rings (SSSR count). The van der Waals surface area contributed by atoms with Crippen LogP contribution in [0, 0.1) is 0 Å². The lowest BCUT2D eigenvalue weighted by Gasteiger charge is -2.23. The molecule has 68 valence electrons. The molecule has 2 aliphatic heterocycles. The Morgan fingerprint density at radius 3 is 3.00 bits per heavy atom. The molecule has 0 bridgehead atoms. The van der Waals surface area contributed by atoms with Crippen molar-refractivity contribution in [3.63, 3.8) is 0 Å². The van der Waals surface area contributed by atoms with Crippen LogP contribution in [0.15, 0.2) is 0 Å². The Kier molecular flexibility index (Phi) is 1.92. The number of nitrogens with one attached hydrogen (secondary N) is 1. The molecule has 0 aliphatic carbocycles. The third kappa shape index (κ3) is 1.27. The minimum Gasteiger partial charge on any atom is -0.443 e. The van der Waals surface area contributed by atoms with Gasteiger partial charge >= 0.3 is 6.09 Å². The van der Waals surface area contributed by atoms with E-state index in [1.165, 1.54) is 6.42 Å². The standard InChI is InChI=1S/C8H14N2O2/c1-10-4-2-3-6(10)7-5-9-8(11)12-7/h6-7H,2-5H2,1H3,(H,9,11)/t6-,7+/m1/s1. The van der Waals surface area contributed by atoms with E-state index >= 15 is 0 Å². The Balaban J connectivity index is 1.95. The van der Waals surface area contributed by atoms with Gasteiger partial charge in [-0.3, -0.25) is 4.90 Å². The van der Waals surface area contributed by atoms with Crippen LogP contribution in [-0.4, -0.2) is 43.3 Å². The molecular formula is C8H14N2O2. The predicted molar refractivity (Wildman–Crippen MR) is 43.9 cm³/mol. The Bertz CT molecular complexity index is 195. The molecule has 0 aromatic rings. The Morgan fingerprint density at radius 2 is 2.50 bits per heavy atom. The van der Waals surface area contributed by atoms with Gasteiger partial charge in [-0.2, -0.15) is 0 Å². The van der Waals surface area contributed by atoms with Crippen molar-refractivity contribution in [1.29, 1.82) is 0 Å². The molecule has 2 heterocycles. The monoisotopic (exact) mass is 170 g/mol. The second-order valence-electron chi connectivity index (χ2n) is 3.51. The fourth-order valence-electron chi connectivity index (χ4n) is 2.03. The van der Waals surface area contributed by atoms with Crippen molar-refractivity contribution in [3.05, 3.63) is 0 Å². The molecule has 12 heavy (non-hydrogen) atoms. The van der Waals surface area contributed by atoms with Crippen LogP contribution >= 0.6 is 0 Å². The largest absolute Gasteiger partial charge is 0.443 e. The molecule has 2 saturated heterocycles. The molecule has 0 unspecified atom stereocenters. The molecule has 0 aromatic carbocycles. The van der Waals surface area contributed by atoms with E-state index in [-0.39, 0.29) is 12.2 Å². The number of hydrogen-bond acceptors (Lipinski definition) is 3. The van der Waals surface area contributed by atoms with Gasteiger partial charge in [0.2, 0.25) is 0 Å². The van der Waals surface area contributed by atoms with E-state index in [9.17, 15) is 4.79 Å². The zero-order chi connectivity index (χ0) is 8.55. The second-order valence-corrected chi connectivity index (χ2v) is 3.51. The van der Waals surface area contributed by atoms with Crippen molar-refractivity contribution in [1.82, 2.24) is 10.2 Å². The highest BCUT2D eigenvalue weighted by Crippen LogP contribution is 2.21. The smallest absolute Gasteiger partial charge is 0.407 e. The van der Waals surface area contributed by atoms with Crippen LogP contribution in [0.25, 0.3) is 0 Å². The summed E-state index contributed by atoms with van der Waals surface area (Å²) in [5.74, 6) is 0. The van der Waals surface area contributed by atoms with Crippen molar-refractivity contribution in [2.75, 3.05) is 20.1 Å². The lowest BCUT2D eigenvalue weighted by Crippen LogP contribution is -2.38. The average Bonchev–Trinajstić information content (AvgIpc) is 2.58. The SMILES string of the molecule is CN1CCC[C@@H]1[C@@H]1CNC(=O)O1. The van der Waals surface area contributed by atoms with E-state index < -0.39 is 0 Å². The number of likely N-dealkylation sites (N-methyl/N-ethyl adjacent to an activating group) is 1. The first-order chi connectivity index (χ1) is 5.77. The molecular weight excluding hydrogens is 156 g/mol. The molecule has 0 spiro atoms. The molecule has 0 radical (unpaired) electrons. The minimum atomic E-state index is -0.264. The number of carbonyl (C=O) groups excluding carboxylic acids is 1. The number of alkyl carbamates (subject to hydrolysis) is 1. The van der Waals surface area contributed by atoms with E-state index in [2.05, 4.69) is 17.3 Å². The van der Waals surface area contributed by atoms with Gasteiger partial charge in [0.05, 0.1) is 6.54 Å². The number of amides is 1. The molecule has 1 N–H and O–H groups in total. The number of cyclic esters (lactones) is 1. The third-order valence-electron chi connectivity index (χ3n) is 2.71. The summed E-state index contributed by atoms with van der Waals surface area (Å²) in [6.45, 7) is 1.80. The van der Waals surface area contributed by atoms with Gasteiger partial charge in [-0.05, 0) is 26.4 Å². The summed E-state index contributed by atoms with van der Waals surface area (Å²) in [7, 11) is 2.09. The van der Waals surface area contributed by atoms with Gasteiger partial charge in [0.15, 0.2) is 0 Å². The summed E-state index contributed by atoms with van der Waals surface area (Å²) in [6, 6.07) is 0.434. The lowest BCUT2D eigenvalue weighted by atomic mass is 10.1. The van der Waals surface area contributed by atoms with Crippen molar-refractivity contribution >= 4 is 6.09 Å². The molecule has 0 saturated carbocycles. The van der Waals surface area contributed by atoms with Crippen LogP contribution in [-0.2, 0) is 4.74 Å². The normalized spacial score (nSPS) is 36.6. The summed E-state index contributed by atoms with van der Waals surface area (Å²) in [5.41, 5.74) is 0. The highest BCUT2D eigenvalue weighted by molar-refractivity contribution is 5.69. The average molecular weight is 170 g/mol. The Hall–Kier alpha value is -0.770. The molecule has 2 aliphatic rings. The number of likely N-dealkylation sites (tertiary alicyclic amines) is 1. The lowest BCUT2D eigenvalue weighted by molar-refractivity contribution is 0.0893. The highest BCUT2D eigenvalue weighted by Gasteiger charge is 2.35. The van der Waals surface area contributed by atoms with Crippen molar-refractivity contribution in [3.8, 4) is 0 Å². The Morgan fingerprint density at radius 1 is 1.67 bits per heavy atom. The summed E-state index contributed by atoms with van der Waals surface area (Å²) >= 11 is 0. The van der Waals surface area contributed by atoms with Gasteiger partial charge in [0, 0.05) is 6.04 Å². The van der Waals surface area contributed by atoms with Gasteiger partial charge < -0.3 is 10.1 Å². The van der Waals surface area contributed by atoms with Gasteiger partial charge in [-0.15, -0.1) is 0 Å². The van der Waals surface area contributed by atoms with Crippen molar-refractivity contribution in [2.24, 2.45) is 0 Å². The Labute approximate surface area is 71.9 Å². The van der Waals surface area contributed by atoms with Crippen LogP contribution in [0.5, 0.6) is 0 Å². The topological polar surface area (TPSA) is 41.6 Å². The fourth-order valence-corrected chi connectivity index (χ4v) is 2.03. The zero-order valence-corrected chi connectivity index (χ0v) is 7.25. The van der Waals surface area contributed by atoms with Gasteiger partial charge in [0.1, 0.15) is 6.10 Å². The fraction of sp³-hybridized carbons (Fsp3) is 0.875. The predicted octanol–water partition coefficient (Wildman–Crippen LogP) is 0.189. The van der Waals surface area contributed by atoms with Crippen LogP contribution in [0.1, 0.15) is 12.8 Å². The van der Waals surface area contributed by atoms with Crippen molar-refractivity contribution < 1.29 is 9.53 Å². The molecule has 2 fully saturated rings. The maximum atomic E-state index is 10.8. The van der Waals surface area contributed by atoms with E-state index in [1.54, 1.807) is 0 Å². The third-order valence-corrected chi connectivity index (χ3v) is 2.71. The van der Waals surface area contributed by atoms with Gasteiger partial charge in [-0.25, -0.2) is 4.79 Å². The van der Waals surface area contributed by atoms with E-state index in [0.29, 0.717) is 12.6 Å². The quantitative estimate of drug-likeness (QED) is 0.610. The minimum absolute atomic E-state index is 0.0741. The van der Waals surface area contributed by atoms with Gasteiger partial charge in [0.25, 0.3) is 0 Å². The number of nitrogens with zero attached hydrogens (tertiary/aromatic N) is 1. The second kappa shape index (κ2) is 2.94. The first kappa shape index (κ1) is 7.86. The maximum absolute atomic E-state index is 10.8. The summed E-state index contributed by atoms with van der Waals surface area (Å²) in [4.78, 5) is 13.0. The number of carbonyl (C=O) groups is 1. The summed E-state index contributed by atoms with van der Waals surface area (Å²) in [6.07, 6.45) is 2.18. The number of rotatable bonds is 1. The van der Waals surface area contributed by atoms with E-state index in [1.807, 2.05) is 0 Å². The van der Waals surface area contributed by atoms with Gasteiger partial charge in [-0.1, -0.05) is 0 Å². The number of hydrogen-bond donors (Lipinski definition) is 1. The first-order valence-corrected chi connectivity index (χ1v) is 4.42. The molecule has 4 nitrogen and oxygen atoms in total.